The summed E-state index contributed by atoms with van der Waals surface area (Å²) in [6, 6.07) is 9.39. The number of hydrogen-bond acceptors (Lipinski definition) is 4. The molecule has 0 heterocycles. The zero-order valence-electron chi connectivity index (χ0n) is 14.2. The number of alkyl halides is 2. The van der Waals surface area contributed by atoms with Crippen molar-refractivity contribution in [3.05, 3.63) is 59.4 Å². The standard InChI is InChI=1S/C17H18F3NO4S/c1-21(26(22,23)11-12-3-6-14(18)7-4-12)10-13-5-8-15(25-17(19)20)16(9-13)24-2/h3-9,17H,10-11H2,1-2H3. The third-order valence-electron chi connectivity index (χ3n) is 3.59. The molecule has 2 rings (SSSR count). The molecule has 0 saturated heterocycles. The molecular weight excluding hydrogens is 371 g/mol. The number of rotatable bonds is 8. The number of sulfonamides is 1. The molecule has 9 heteroatoms. The Morgan fingerprint density at radius 1 is 1.04 bits per heavy atom. The van der Waals surface area contributed by atoms with E-state index in [-0.39, 0.29) is 23.8 Å². The Morgan fingerprint density at radius 3 is 2.23 bits per heavy atom. The summed E-state index contributed by atoms with van der Waals surface area (Å²) < 4.78 is 72.9. The molecule has 0 amide bonds. The van der Waals surface area contributed by atoms with E-state index in [0.29, 0.717) is 11.1 Å². The minimum atomic E-state index is -3.65. The Bertz CT molecular complexity index is 842. The molecule has 0 aromatic heterocycles. The van der Waals surface area contributed by atoms with Crippen molar-refractivity contribution in [1.29, 1.82) is 0 Å². The van der Waals surface area contributed by atoms with Crippen molar-refractivity contribution >= 4 is 10.0 Å². The van der Waals surface area contributed by atoms with Gasteiger partial charge in [0.2, 0.25) is 10.0 Å². The highest BCUT2D eigenvalue weighted by Gasteiger charge is 2.20. The molecule has 0 aliphatic heterocycles. The molecule has 0 unspecified atom stereocenters. The van der Waals surface area contributed by atoms with E-state index in [0.717, 1.165) is 4.31 Å². The fourth-order valence-corrected chi connectivity index (χ4v) is 3.44. The number of ether oxygens (including phenoxy) is 2. The highest BCUT2D eigenvalue weighted by molar-refractivity contribution is 7.88. The van der Waals surface area contributed by atoms with Gasteiger partial charge >= 0.3 is 6.61 Å². The van der Waals surface area contributed by atoms with Crippen LogP contribution in [0.3, 0.4) is 0 Å². The fourth-order valence-electron chi connectivity index (χ4n) is 2.26. The second-order valence-electron chi connectivity index (χ2n) is 5.50. The first kappa shape index (κ1) is 20.1. The summed E-state index contributed by atoms with van der Waals surface area (Å²) in [5.41, 5.74) is 0.991. The fraction of sp³-hybridized carbons (Fsp3) is 0.294. The van der Waals surface area contributed by atoms with Gasteiger partial charge in [0.05, 0.1) is 12.9 Å². The van der Waals surface area contributed by atoms with E-state index in [1.54, 1.807) is 0 Å². The molecule has 0 aliphatic rings. The second-order valence-corrected chi connectivity index (χ2v) is 7.58. The Labute approximate surface area is 150 Å². The van der Waals surface area contributed by atoms with Gasteiger partial charge < -0.3 is 9.47 Å². The van der Waals surface area contributed by atoms with E-state index in [2.05, 4.69) is 4.74 Å². The largest absolute Gasteiger partial charge is 0.493 e. The van der Waals surface area contributed by atoms with Gasteiger partial charge in [-0.25, -0.2) is 17.1 Å². The van der Waals surface area contributed by atoms with Gasteiger partial charge in [0.15, 0.2) is 11.5 Å². The van der Waals surface area contributed by atoms with Gasteiger partial charge in [0, 0.05) is 13.6 Å². The summed E-state index contributed by atoms with van der Waals surface area (Å²) in [5.74, 6) is -0.791. The average Bonchev–Trinajstić information content (AvgIpc) is 2.57. The van der Waals surface area contributed by atoms with Gasteiger partial charge in [-0.15, -0.1) is 0 Å². The predicted octanol–water partition coefficient (Wildman–Crippen LogP) is 3.40. The van der Waals surface area contributed by atoms with Gasteiger partial charge in [-0.1, -0.05) is 18.2 Å². The normalized spacial score (nSPS) is 11.8. The van der Waals surface area contributed by atoms with Crippen LogP contribution in [-0.4, -0.2) is 33.5 Å². The van der Waals surface area contributed by atoms with Gasteiger partial charge in [0.25, 0.3) is 0 Å². The molecule has 0 saturated carbocycles. The lowest BCUT2D eigenvalue weighted by molar-refractivity contribution is -0.0512. The molecule has 0 fully saturated rings. The smallest absolute Gasteiger partial charge is 0.387 e. The number of benzene rings is 2. The molecule has 0 spiro atoms. The summed E-state index contributed by atoms with van der Waals surface area (Å²) in [5, 5.41) is 0. The lowest BCUT2D eigenvalue weighted by Crippen LogP contribution is -2.27. The van der Waals surface area contributed by atoms with Crippen LogP contribution in [0.4, 0.5) is 13.2 Å². The Hall–Kier alpha value is -2.26. The molecule has 0 atom stereocenters. The third-order valence-corrected chi connectivity index (χ3v) is 5.36. The van der Waals surface area contributed by atoms with Crippen LogP contribution in [0, 0.1) is 5.82 Å². The first-order chi connectivity index (χ1) is 12.2. The number of methoxy groups -OCH3 is 1. The summed E-state index contributed by atoms with van der Waals surface area (Å²) in [7, 11) is -0.958. The molecule has 0 N–H and O–H groups in total. The van der Waals surface area contributed by atoms with E-state index >= 15 is 0 Å². The molecule has 142 valence electrons. The predicted molar refractivity (Wildman–Crippen MR) is 90.1 cm³/mol. The summed E-state index contributed by atoms with van der Waals surface area (Å²) in [6.07, 6.45) is 0. The second kappa shape index (κ2) is 8.41. The quantitative estimate of drug-likeness (QED) is 0.695. The Kier molecular flexibility index (Phi) is 6.49. The molecule has 0 aliphatic carbocycles. The molecule has 5 nitrogen and oxygen atoms in total. The van der Waals surface area contributed by atoms with Crippen molar-refractivity contribution in [2.45, 2.75) is 18.9 Å². The average molecular weight is 389 g/mol. The van der Waals surface area contributed by atoms with Crippen LogP contribution in [0.15, 0.2) is 42.5 Å². The van der Waals surface area contributed by atoms with Gasteiger partial charge in [-0.2, -0.15) is 8.78 Å². The minimum absolute atomic E-state index is 0.00878. The van der Waals surface area contributed by atoms with E-state index < -0.39 is 22.5 Å². The van der Waals surface area contributed by atoms with Crippen LogP contribution in [0.25, 0.3) is 0 Å². The Balaban J connectivity index is 2.12. The maximum Gasteiger partial charge on any atom is 0.387 e. The highest BCUT2D eigenvalue weighted by atomic mass is 32.2. The van der Waals surface area contributed by atoms with E-state index in [4.69, 9.17) is 4.74 Å². The van der Waals surface area contributed by atoms with E-state index in [9.17, 15) is 21.6 Å². The molecular formula is C17H18F3NO4S. The Morgan fingerprint density at radius 2 is 1.65 bits per heavy atom. The van der Waals surface area contributed by atoms with Crippen molar-refractivity contribution in [3.8, 4) is 11.5 Å². The summed E-state index contributed by atoms with van der Waals surface area (Å²) in [4.78, 5) is 0. The molecule has 0 radical (unpaired) electrons. The first-order valence-corrected chi connectivity index (χ1v) is 9.12. The van der Waals surface area contributed by atoms with Gasteiger partial charge in [0.1, 0.15) is 5.82 Å². The maximum absolute atomic E-state index is 12.9. The van der Waals surface area contributed by atoms with Crippen LogP contribution in [0.1, 0.15) is 11.1 Å². The lowest BCUT2D eigenvalue weighted by Gasteiger charge is -2.18. The third kappa shape index (κ3) is 5.37. The van der Waals surface area contributed by atoms with Crippen molar-refractivity contribution in [2.24, 2.45) is 0 Å². The van der Waals surface area contributed by atoms with Crippen molar-refractivity contribution < 1.29 is 31.1 Å². The van der Waals surface area contributed by atoms with Crippen LogP contribution >= 0.6 is 0 Å². The van der Waals surface area contributed by atoms with Crippen molar-refractivity contribution in [2.75, 3.05) is 14.2 Å². The highest BCUT2D eigenvalue weighted by Crippen LogP contribution is 2.30. The molecule has 2 aromatic carbocycles. The van der Waals surface area contributed by atoms with E-state index in [1.807, 2.05) is 0 Å². The SMILES string of the molecule is COc1cc(CN(C)S(=O)(=O)Cc2ccc(F)cc2)ccc1OC(F)F. The number of nitrogens with zero attached hydrogens (tertiary/aromatic N) is 1. The monoisotopic (exact) mass is 389 g/mol. The van der Waals surface area contributed by atoms with Crippen LogP contribution in [-0.2, 0) is 22.3 Å². The summed E-state index contributed by atoms with van der Waals surface area (Å²) in [6.45, 7) is -2.98. The zero-order valence-corrected chi connectivity index (χ0v) is 15.0. The maximum atomic E-state index is 12.9. The number of hydrogen-bond donors (Lipinski definition) is 0. The minimum Gasteiger partial charge on any atom is -0.493 e. The van der Waals surface area contributed by atoms with E-state index in [1.165, 1.54) is 56.6 Å². The zero-order chi connectivity index (χ0) is 19.3. The van der Waals surface area contributed by atoms with Crippen LogP contribution < -0.4 is 9.47 Å². The number of halogens is 3. The van der Waals surface area contributed by atoms with Crippen LogP contribution in [0.5, 0.6) is 11.5 Å². The van der Waals surface area contributed by atoms with Gasteiger partial charge in [-0.05, 0) is 35.4 Å². The molecule has 2 aromatic rings. The lowest BCUT2D eigenvalue weighted by atomic mass is 10.2. The topological polar surface area (TPSA) is 55.8 Å². The van der Waals surface area contributed by atoms with Crippen LogP contribution in [0.2, 0.25) is 0 Å². The molecule has 0 bridgehead atoms. The summed E-state index contributed by atoms with van der Waals surface area (Å²) >= 11 is 0. The van der Waals surface area contributed by atoms with Crippen molar-refractivity contribution in [1.82, 2.24) is 4.31 Å². The first-order valence-electron chi connectivity index (χ1n) is 7.51. The van der Waals surface area contributed by atoms with Crippen molar-refractivity contribution in [3.63, 3.8) is 0 Å². The van der Waals surface area contributed by atoms with Gasteiger partial charge in [-0.3, -0.25) is 0 Å². The molecule has 26 heavy (non-hydrogen) atoms.